The van der Waals surface area contributed by atoms with Gasteiger partial charge in [-0.2, -0.15) is 0 Å². The van der Waals surface area contributed by atoms with E-state index in [0.29, 0.717) is 40.0 Å². The zero-order chi connectivity index (χ0) is 24.4. The van der Waals surface area contributed by atoms with Crippen molar-refractivity contribution in [1.29, 1.82) is 0 Å². The number of nitrogens with zero attached hydrogens (tertiary/aromatic N) is 4. The van der Waals surface area contributed by atoms with E-state index >= 15 is 0 Å². The predicted octanol–water partition coefficient (Wildman–Crippen LogP) is 2.55. The summed E-state index contributed by atoms with van der Waals surface area (Å²) in [4.78, 5) is 26.0. The summed E-state index contributed by atoms with van der Waals surface area (Å²) in [5.74, 6) is -0.0814. The first kappa shape index (κ1) is 24.4. The molecule has 0 bridgehead atoms. The summed E-state index contributed by atoms with van der Waals surface area (Å²) in [7, 11) is 0. The predicted molar refractivity (Wildman–Crippen MR) is 127 cm³/mol. The molecule has 0 radical (unpaired) electrons. The van der Waals surface area contributed by atoms with Gasteiger partial charge in [0.2, 0.25) is 0 Å². The van der Waals surface area contributed by atoms with Gasteiger partial charge in [-0.15, -0.1) is 0 Å². The highest BCUT2D eigenvalue weighted by Crippen LogP contribution is 2.30. The maximum atomic E-state index is 14.1. The molecule has 2 aliphatic heterocycles. The lowest BCUT2D eigenvalue weighted by Crippen LogP contribution is -2.39. The molecule has 2 aliphatic rings. The second kappa shape index (κ2) is 10.2. The quantitative estimate of drug-likeness (QED) is 0.642. The first-order valence-electron chi connectivity index (χ1n) is 11.3. The van der Waals surface area contributed by atoms with E-state index in [4.69, 9.17) is 27.2 Å². The van der Waals surface area contributed by atoms with Gasteiger partial charge in [0.25, 0.3) is 5.91 Å². The molecule has 0 spiro atoms. The average Bonchev–Trinajstić information content (AvgIpc) is 3.20. The number of hydrogen-bond acceptors (Lipinski definition) is 7. The van der Waals surface area contributed by atoms with Crippen LogP contribution < -0.4 is 10.5 Å². The summed E-state index contributed by atoms with van der Waals surface area (Å²) in [5.41, 5.74) is 9.03. The molecule has 10 heteroatoms. The minimum Gasteiger partial charge on any atom is -0.489 e. The number of aliphatic hydroxyl groups excluding tert-OH is 1. The van der Waals surface area contributed by atoms with Crippen LogP contribution in [0.5, 0.6) is 5.75 Å². The van der Waals surface area contributed by atoms with Gasteiger partial charge in [0.05, 0.1) is 41.7 Å². The second-order valence-corrected chi connectivity index (χ2v) is 9.10. The number of aromatic nitrogens is 2. The summed E-state index contributed by atoms with van der Waals surface area (Å²) in [6, 6.07) is 3.97. The van der Waals surface area contributed by atoms with Crippen LogP contribution in [0, 0.1) is 19.7 Å². The van der Waals surface area contributed by atoms with E-state index in [1.54, 1.807) is 18.7 Å². The molecule has 3 N–H and O–H groups in total. The monoisotopic (exact) mass is 489 g/mol. The molecule has 34 heavy (non-hydrogen) atoms. The number of likely N-dealkylation sites (tertiary alicyclic amines) is 1. The van der Waals surface area contributed by atoms with Gasteiger partial charge in [0.1, 0.15) is 17.7 Å². The van der Waals surface area contributed by atoms with E-state index in [0.717, 1.165) is 25.9 Å². The third kappa shape index (κ3) is 5.16. The van der Waals surface area contributed by atoms with Crippen LogP contribution in [0.25, 0.3) is 5.57 Å². The number of aryl methyl sites for hydroxylation is 2. The average molecular weight is 490 g/mol. The minimum absolute atomic E-state index is 0.114. The zero-order valence-corrected chi connectivity index (χ0v) is 20.1. The highest BCUT2D eigenvalue weighted by Gasteiger charge is 2.30. The molecule has 182 valence electrons. The van der Waals surface area contributed by atoms with E-state index < -0.39 is 5.82 Å². The molecular formula is C24H29ClFN5O3. The van der Waals surface area contributed by atoms with E-state index in [1.165, 1.54) is 18.2 Å². The fourth-order valence-corrected chi connectivity index (χ4v) is 4.44. The van der Waals surface area contributed by atoms with E-state index in [-0.39, 0.29) is 43.0 Å². The lowest BCUT2D eigenvalue weighted by atomic mass is 10.1. The number of carbonyl (C=O) groups excluding carboxylic acids is 1. The molecule has 4 rings (SSSR count). The molecule has 2 aromatic rings. The topological polar surface area (TPSA) is 105 Å². The number of ether oxygens (including phenoxy) is 1. The molecule has 0 atom stereocenters. The fourth-order valence-electron chi connectivity index (χ4n) is 4.36. The van der Waals surface area contributed by atoms with Crippen LogP contribution >= 0.6 is 11.6 Å². The van der Waals surface area contributed by atoms with Crippen molar-refractivity contribution >= 4 is 23.1 Å². The van der Waals surface area contributed by atoms with Crippen molar-refractivity contribution in [3.05, 3.63) is 57.5 Å². The van der Waals surface area contributed by atoms with Gasteiger partial charge in [0.15, 0.2) is 5.82 Å². The molecular weight excluding hydrogens is 461 g/mol. The summed E-state index contributed by atoms with van der Waals surface area (Å²) in [5, 5.41) is 9.62. The van der Waals surface area contributed by atoms with Gasteiger partial charge in [-0.1, -0.05) is 11.6 Å². The summed E-state index contributed by atoms with van der Waals surface area (Å²) < 4.78 is 20.2. The maximum absolute atomic E-state index is 14.1. The minimum atomic E-state index is -0.468. The van der Waals surface area contributed by atoms with Crippen LogP contribution in [0.15, 0.2) is 23.9 Å². The van der Waals surface area contributed by atoms with Gasteiger partial charge < -0.3 is 25.4 Å². The largest absolute Gasteiger partial charge is 0.489 e. The number of benzene rings is 1. The number of piperidine rings is 1. The third-order valence-corrected chi connectivity index (χ3v) is 6.80. The van der Waals surface area contributed by atoms with Crippen LogP contribution in [0.2, 0.25) is 5.02 Å². The normalized spacial score (nSPS) is 17.5. The Hall–Kier alpha value is -2.75. The number of amides is 1. The zero-order valence-electron chi connectivity index (χ0n) is 19.4. The molecule has 1 aromatic heterocycles. The Balaban J connectivity index is 1.50. The number of nitrogens with two attached hydrogens (primary N) is 1. The van der Waals surface area contributed by atoms with Crippen molar-refractivity contribution in [1.82, 2.24) is 19.8 Å². The molecule has 0 unspecified atom stereocenters. The molecule has 1 aromatic carbocycles. The molecule has 0 aliphatic carbocycles. The molecule has 1 saturated heterocycles. The highest BCUT2D eigenvalue weighted by atomic mass is 35.5. The number of hydrogen-bond donors (Lipinski definition) is 2. The smallest absolute Gasteiger partial charge is 0.258 e. The van der Waals surface area contributed by atoms with Crippen LogP contribution in [-0.4, -0.2) is 76.2 Å². The standard InChI is InChI=1S/C24H29ClFN5O3/c1-14-22(25)15(2)29-23(28-14)19-12-31(13-20(19)27)24(33)18-4-3-16(26)11-21(18)34-17-5-7-30(8-6-17)9-10-32/h3-4,11,17,32H,5-10,12-13,27H2,1-2H3. The number of β-amino-alcohol motifs (C(OH)–C–C–N with tert-alkyl or cyclic N) is 1. The SMILES string of the molecule is Cc1nc(C2=C(N)CN(C(=O)c3ccc(F)cc3OC3CCN(CCO)CC3)C2)nc(C)c1Cl. The van der Waals surface area contributed by atoms with E-state index in [9.17, 15) is 9.18 Å². The van der Waals surface area contributed by atoms with Crippen LogP contribution in [0.3, 0.4) is 0 Å². The number of aliphatic hydroxyl groups is 1. The molecule has 3 heterocycles. The molecule has 0 saturated carbocycles. The highest BCUT2D eigenvalue weighted by molar-refractivity contribution is 6.31. The Kier molecular flexibility index (Phi) is 7.35. The molecule has 1 fully saturated rings. The van der Waals surface area contributed by atoms with Crippen LogP contribution in [0.4, 0.5) is 4.39 Å². The first-order valence-corrected chi connectivity index (χ1v) is 11.7. The van der Waals surface area contributed by atoms with Crippen LogP contribution in [-0.2, 0) is 0 Å². The van der Waals surface area contributed by atoms with Crippen molar-refractivity contribution in [3.63, 3.8) is 0 Å². The fraction of sp³-hybridized carbons (Fsp3) is 0.458. The maximum Gasteiger partial charge on any atom is 0.258 e. The van der Waals surface area contributed by atoms with Crippen molar-refractivity contribution in [2.75, 3.05) is 39.3 Å². The molecule has 1 amide bonds. The number of rotatable bonds is 6. The lowest BCUT2D eigenvalue weighted by Gasteiger charge is -2.32. The van der Waals surface area contributed by atoms with E-state index in [1.807, 2.05) is 0 Å². The van der Waals surface area contributed by atoms with Crippen molar-refractivity contribution in [2.24, 2.45) is 5.73 Å². The van der Waals surface area contributed by atoms with Gasteiger partial charge in [-0.05, 0) is 38.8 Å². The summed E-state index contributed by atoms with van der Waals surface area (Å²) >= 11 is 6.19. The Morgan fingerprint density at radius 1 is 1.24 bits per heavy atom. The molecule has 8 nitrogen and oxygen atoms in total. The van der Waals surface area contributed by atoms with Gasteiger partial charge >= 0.3 is 0 Å². The summed E-state index contributed by atoms with van der Waals surface area (Å²) in [6.45, 7) is 6.34. The Bertz CT molecular complexity index is 1090. The van der Waals surface area contributed by atoms with Crippen LogP contribution in [0.1, 0.15) is 40.4 Å². The van der Waals surface area contributed by atoms with Gasteiger partial charge in [0, 0.05) is 37.0 Å². The first-order chi connectivity index (χ1) is 16.3. The van der Waals surface area contributed by atoms with E-state index in [2.05, 4.69) is 14.9 Å². The van der Waals surface area contributed by atoms with Crippen molar-refractivity contribution < 1.29 is 19.0 Å². The Labute approximate surface area is 203 Å². The summed E-state index contributed by atoms with van der Waals surface area (Å²) in [6.07, 6.45) is 1.34. The second-order valence-electron chi connectivity index (χ2n) is 8.72. The van der Waals surface area contributed by atoms with Gasteiger partial charge in [-0.25, -0.2) is 14.4 Å². The third-order valence-electron chi connectivity index (χ3n) is 6.26. The number of halogens is 2. The lowest BCUT2D eigenvalue weighted by molar-refractivity contribution is 0.0759. The van der Waals surface area contributed by atoms with Crippen molar-refractivity contribution in [2.45, 2.75) is 32.8 Å². The van der Waals surface area contributed by atoms with Gasteiger partial charge in [-0.3, -0.25) is 4.79 Å². The Morgan fingerprint density at radius 2 is 1.91 bits per heavy atom. The number of carbonyl (C=O) groups is 1. The Morgan fingerprint density at radius 3 is 2.56 bits per heavy atom. The van der Waals surface area contributed by atoms with Crippen molar-refractivity contribution in [3.8, 4) is 5.75 Å².